The van der Waals surface area contributed by atoms with Crippen molar-refractivity contribution < 1.29 is 33.3 Å². The highest BCUT2D eigenvalue weighted by Gasteiger charge is 2.30. The Labute approximate surface area is 407 Å². The molecule has 0 atom stereocenters. The second-order valence-corrected chi connectivity index (χ2v) is 20.9. The van der Waals surface area contributed by atoms with Crippen molar-refractivity contribution in [2.45, 2.75) is 105 Å². The molecule has 1 aliphatic heterocycles. The van der Waals surface area contributed by atoms with E-state index in [1.165, 1.54) is 9.60 Å². The predicted octanol–water partition coefficient (Wildman–Crippen LogP) is 8.70. The molecule has 0 spiro atoms. The number of rotatable bonds is 15. The van der Waals surface area contributed by atoms with Crippen molar-refractivity contribution in [3.8, 4) is 16.6 Å². The Morgan fingerprint density at radius 2 is 1.13 bits per heavy atom. The van der Waals surface area contributed by atoms with Crippen LogP contribution in [-0.2, 0) is 14.2 Å². The van der Waals surface area contributed by atoms with Crippen molar-refractivity contribution in [2.24, 2.45) is 0 Å². The summed E-state index contributed by atoms with van der Waals surface area (Å²) in [4.78, 5) is 68.3. The van der Waals surface area contributed by atoms with Gasteiger partial charge in [0.25, 0.3) is 0 Å². The molecule has 4 aromatic rings. The average molecular weight is 962 g/mol. The van der Waals surface area contributed by atoms with Crippen molar-refractivity contribution in [2.75, 3.05) is 108 Å². The van der Waals surface area contributed by atoms with E-state index in [1.807, 2.05) is 66.8 Å². The Balaban J connectivity index is 1.23. The lowest BCUT2D eigenvalue weighted by molar-refractivity contribution is 0.00471. The monoisotopic (exact) mass is 962 g/mol. The SMILES string of the molecule is CCCCNc1nc(NCCCN2CCN(C(=O)OC(C)(C)C)CCN(C(=O)OC(C)(C)C)CCN(C(=O)OC(C)(C)C)CC2)nc(OCCN(C)c2ccc(-c3nc4ccccc4s3)cc2)n1. The number of aromatic nitrogens is 4. The zero-order chi connectivity index (χ0) is 49.5. The predicted molar refractivity (Wildman–Crippen MR) is 270 cm³/mol. The van der Waals surface area contributed by atoms with E-state index in [2.05, 4.69) is 72.6 Å². The number of amides is 3. The average Bonchev–Trinajstić information content (AvgIpc) is 3.69. The molecule has 2 aromatic carbocycles. The molecule has 5 rings (SSSR count). The number of para-hydroxylation sites is 1. The van der Waals surface area contributed by atoms with E-state index < -0.39 is 35.1 Å². The summed E-state index contributed by atoms with van der Waals surface area (Å²) < 4.78 is 24.6. The fourth-order valence-electron chi connectivity index (χ4n) is 6.92. The summed E-state index contributed by atoms with van der Waals surface area (Å²) in [6, 6.07) is 16.8. The molecule has 0 bridgehead atoms. The van der Waals surface area contributed by atoms with Gasteiger partial charge in [0.05, 0.1) is 16.8 Å². The van der Waals surface area contributed by atoms with Crippen LogP contribution in [0.5, 0.6) is 6.01 Å². The van der Waals surface area contributed by atoms with Gasteiger partial charge in [-0.1, -0.05) is 25.5 Å². The highest BCUT2D eigenvalue weighted by atomic mass is 32.1. The Kier molecular flexibility index (Phi) is 19.2. The van der Waals surface area contributed by atoms with Crippen LogP contribution >= 0.6 is 11.3 Å². The van der Waals surface area contributed by atoms with Gasteiger partial charge in [-0.25, -0.2) is 19.4 Å². The number of hydrogen-bond acceptors (Lipinski definition) is 16. The molecule has 0 saturated carbocycles. The minimum atomic E-state index is -0.731. The molecule has 0 aliphatic carbocycles. The smallest absolute Gasteiger partial charge is 0.410 e. The summed E-state index contributed by atoms with van der Waals surface area (Å²) in [5, 5.41) is 7.67. The first-order valence-corrected chi connectivity index (χ1v) is 24.7. The normalized spacial score (nSPS) is 14.7. The van der Waals surface area contributed by atoms with E-state index >= 15 is 0 Å². The minimum absolute atomic E-state index is 0.185. The number of carbonyl (C=O) groups is 3. The summed E-state index contributed by atoms with van der Waals surface area (Å²) in [7, 11) is 2.02. The molecule has 2 N–H and O–H groups in total. The topological polar surface area (TPSA) is 180 Å². The Bertz CT molecular complexity index is 2150. The molecule has 3 amide bonds. The molecule has 1 saturated heterocycles. The van der Waals surface area contributed by atoms with Crippen LogP contribution in [0.3, 0.4) is 0 Å². The number of unbranched alkanes of at least 4 members (excludes halogenated alkanes) is 1. The lowest BCUT2D eigenvalue weighted by atomic mass is 10.2. The summed E-state index contributed by atoms with van der Waals surface area (Å²) >= 11 is 1.69. The first kappa shape index (κ1) is 53.3. The maximum absolute atomic E-state index is 13.5. The molecular weight excluding hydrogens is 887 g/mol. The van der Waals surface area contributed by atoms with Crippen LogP contribution in [0.4, 0.5) is 32.0 Å². The zero-order valence-electron chi connectivity index (χ0n) is 42.2. The quantitative estimate of drug-likeness (QED) is 0.0853. The molecule has 374 valence electrons. The van der Waals surface area contributed by atoms with E-state index in [4.69, 9.17) is 23.9 Å². The molecule has 18 nitrogen and oxygen atoms in total. The third kappa shape index (κ3) is 18.1. The van der Waals surface area contributed by atoms with Crippen molar-refractivity contribution in [3.05, 3.63) is 48.5 Å². The van der Waals surface area contributed by atoms with Crippen LogP contribution in [-0.4, -0.2) is 167 Å². The van der Waals surface area contributed by atoms with Crippen LogP contribution in [0, 0.1) is 0 Å². The largest absolute Gasteiger partial charge is 0.461 e. The Morgan fingerprint density at radius 3 is 1.62 bits per heavy atom. The van der Waals surface area contributed by atoms with Gasteiger partial charge < -0.3 is 49.2 Å². The van der Waals surface area contributed by atoms with E-state index in [1.54, 1.807) is 41.9 Å². The van der Waals surface area contributed by atoms with Crippen LogP contribution in [0.15, 0.2) is 48.5 Å². The van der Waals surface area contributed by atoms with Gasteiger partial charge in [0, 0.05) is 83.7 Å². The van der Waals surface area contributed by atoms with Crippen molar-refractivity contribution in [1.82, 2.24) is 39.5 Å². The number of benzene rings is 2. The van der Waals surface area contributed by atoms with Crippen LogP contribution in [0.1, 0.15) is 88.5 Å². The lowest BCUT2D eigenvalue weighted by Crippen LogP contribution is -2.51. The van der Waals surface area contributed by atoms with Gasteiger partial charge in [-0.15, -0.1) is 11.3 Å². The number of ether oxygens (including phenoxy) is 4. The second-order valence-electron chi connectivity index (χ2n) is 19.9. The number of nitrogens with one attached hydrogen (secondary N) is 2. The molecule has 19 heteroatoms. The number of hydrogen-bond donors (Lipinski definition) is 2. The number of nitrogens with zero attached hydrogens (tertiary/aromatic N) is 9. The van der Waals surface area contributed by atoms with Crippen molar-refractivity contribution >= 4 is 57.4 Å². The lowest BCUT2D eigenvalue weighted by Gasteiger charge is -2.35. The molecule has 0 unspecified atom stereocenters. The summed E-state index contributed by atoms with van der Waals surface area (Å²) in [5.74, 6) is 0.825. The van der Waals surface area contributed by atoms with Gasteiger partial charge in [-0.05, 0) is 118 Å². The van der Waals surface area contributed by atoms with E-state index in [9.17, 15) is 14.4 Å². The first-order chi connectivity index (χ1) is 32.1. The number of anilines is 3. The minimum Gasteiger partial charge on any atom is -0.461 e. The van der Waals surface area contributed by atoms with Crippen LogP contribution < -0.4 is 20.3 Å². The highest BCUT2D eigenvalue weighted by Crippen LogP contribution is 2.31. The van der Waals surface area contributed by atoms with E-state index in [-0.39, 0.29) is 32.2 Å². The molecule has 0 radical (unpaired) electrons. The molecule has 1 aliphatic rings. The highest BCUT2D eigenvalue weighted by molar-refractivity contribution is 7.21. The number of likely N-dealkylation sites (N-methyl/N-ethyl adjacent to an activating group) is 1. The van der Waals surface area contributed by atoms with Gasteiger partial charge in [0.1, 0.15) is 28.4 Å². The van der Waals surface area contributed by atoms with Crippen LogP contribution in [0.2, 0.25) is 0 Å². The number of thiazole rings is 1. The maximum atomic E-state index is 13.5. The Morgan fingerprint density at radius 1 is 0.647 bits per heavy atom. The molecule has 68 heavy (non-hydrogen) atoms. The molecule has 1 fully saturated rings. The molecular formula is C49H75N11O7S. The van der Waals surface area contributed by atoms with E-state index in [0.29, 0.717) is 77.3 Å². The zero-order valence-corrected chi connectivity index (χ0v) is 43.0. The number of fused-ring (bicyclic) bond motifs is 1. The van der Waals surface area contributed by atoms with E-state index in [0.717, 1.165) is 34.6 Å². The summed E-state index contributed by atoms with van der Waals surface area (Å²) in [6.45, 7) is 23.8. The fourth-order valence-corrected chi connectivity index (χ4v) is 7.89. The third-order valence-corrected chi connectivity index (χ3v) is 11.6. The van der Waals surface area contributed by atoms with Gasteiger partial charge in [-0.3, -0.25) is 4.90 Å². The first-order valence-electron chi connectivity index (χ1n) is 23.8. The van der Waals surface area contributed by atoms with Crippen molar-refractivity contribution in [1.29, 1.82) is 0 Å². The maximum Gasteiger partial charge on any atom is 0.410 e. The second kappa shape index (κ2) is 24.5. The van der Waals surface area contributed by atoms with Gasteiger partial charge in [0.15, 0.2) is 0 Å². The van der Waals surface area contributed by atoms with Crippen molar-refractivity contribution in [3.63, 3.8) is 0 Å². The number of carbonyl (C=O) groups excluding carboxylic acids is 3. The summed E-state index contributed by atoms with van der Waals surface area (Å²) in [6.07, 6.45) is 1.22. The van der Waals surface area contributed by atoms with Crippen LogP contribution in [0.25, 0.3) is 20.8 Å². The van der Waals surface area contributed by atoms with Gasteiger partial charge >= 0.3 is 24.3 Å². The third-order valence-electron chi connectivity index (χ3n) is 10.5. The standard InChI is InChI=1S/C49H75N11O7S/c1-12-13-23-50-41-53-42(55-43(54-41)64-35-34-56(11)37-21-19-36(20-22-37)40-52-38-17-14-15-18-39(38)68-40)51-24-16-25-57-26-28-58(44(61)65-47(2,3)4)30-32-60(46(63)67-49(8,9)10)33-31-59(29-27-57)45(62)66-48(5,6)7/h14-15,17-22H,12-13,16,23-35H2,1-11H3,(H2,50,51,53,54,55). The fraction of sp³-hybridized carbons (Fsp3) is 0.612. The van der Waals surface area contributed by atoms with Gasteiger partial charge in [-0.2, -0.15) is 15.0 Å². The molecule has 2 aromatic heterocycles. The Hall–Kier alpha value is -5.69. The van der Waals surface area contributed by atoms with Gasteiger partial charge in [0.2, 0.25) is 11.9 Å². The summed E-state index contributed by atoms with van der Waals surface area (Å²) in [5.41, 5.74) is 0.988. The molecule has 3 heterocycles.